The standard InChI is InChI=1S/C20H25N3OS/c24-20(23-12-15-2-1-3-16(15)13-23)14-5-9-22(10-6-14)19-17-7-11-25-18(17)4-8-21-19/h4,7-8,11,14-16H,1-3,5-6,9-10,12-13H2. The van der Waals surface area contributed by atoms with Crippen LogP contribution in [-0.4, -0.2) is 42.0 Å². The van der Waals surface area contributed by atoms with Crippen molar-refractivity contribution in [1.29, 1.82) is 0 Å². The predicted molar refractivity (Wildman–Crippen MR) is 102 cm³/mol. The van der Waals surface area contributed by atoms with Gasteiger partial charge in [0.2, 0.25) is 5.91 Å². The molecule has 3 fully saturated rings. The molecule has 2 saturated heterocycles. The van der Waals surface area contributed by atoms with Gasteiger partial charge in [-0.05, 0) is 55.0 Å². The molecule has 2 aromatic rings. The van der Waals surface area contributed by atoms with Crippen molar-refractivity contribution in [3.05, 3.63) is 23.7 Å². The first-order valence-corrected chi connectivity index (χ1v) is 10.5. The second-order valence-corrected chi connectivity index (χ2v) is 8.87. The molecule has 0 spiro atoms. The molecule has 4 nitrogen and oxygen atoms in total. The number of thiophene rings is 1. The number of fused-ring (bicyclic) bond motifs is 2. The van der Waals surface area contributed by atoms with Crippen LogP contribution in [0.4, 0.5) is 5.82 Å². The number of hydrogen-bond donors (Lipinski definition) is 0. The SMILES string of the molecule is O=C(C1CCN(c2nccc3sccc23)CC1)N1CC2CCCC2C1. The fourth-order valence-corrected chi connectivity index (χ4v) is 5.92. The van der Waals surface area contributed by atoms with Gasteiger partial charge in [0, 0.05) is 48.4 Å². The normalized spacial score (nSPS) is 27.2. The lowest BCUT2D eigenvalue weighted by atomic mass is 9.95. The van der Waals surface area contributed by atoms with Gasteiger partial charge in [-0.2, -0.15) is 0 Å². The number of aromatic nitrogens is 1. The lowest BCUT2D eigenvalue weighted by molar-refractivity contribution is -0.135. The maximum atomic E-state index is 12.9. The van der Waals surface area contributed by atoms with Crippen LogP contribution in [0, 0.1) is 17.8 Å². The Balaban J connectivity index is 1.24. The summed E-state index contributed by atoms with van der Waals surface area (Å²) in [5, 5.41) is 3.39. The minimum atomic E-state index is 0.219. The van der Waals surface area contributed by atoms with Crippen LogP contribution < -0.4 is 4.90 Å². The molecule has 25 heavy (non-hydrogen) atoms. The number of anilines is 1. The maximum Gasteiger partial charge on any atom is 0.225 e. The molecule has 1 amide bonds. The van der Waals surface area contributed by atoms with E-state index in [0.29, 0.717) is 5.91 Å². The molecule has 132 valence electrons. The number of hydrogen-bond acceptors (Lipinski definition) is 4. The number of nitrogens with zero attached hydrogens (tertiary/aromatic N) is 3. The fraction of sp³-hybridized carbons (Fsp3) is 0.600. The van der Waals surface area contributed by atoms with Crippen LogP contribution in [0.5, 0.6) is 0 Å². The van der Waals surface area contributed by atoms with E-state index in [0.717, 1.165) is 56.7 Å². The summed E-state index contributed by atoms with van der Waals surface area (Å²) in [4.78, 5) is 22.1. The summed E-state index contributed by atoms with van der Waals surface area (Å²) in [6, 6.07) is 4.26. The zero-order valence-electron chi connectivity index (χ0n) is 14.6. The Morgan fingerprint density at radius 3 is 2.60 bits per heavy atom. The summed E-state index contributed by atoms with van der Waals surface area (Å²) < 4.78 is 1.30. The molecule has 0 bridgehead atoms. The molecule has 2 aromatic heterocycles. The first kappa shape index (κ1) is 15.6. The van der Waals surface area contributed by atoms with E-state index in [1.807, 2.05) is 6.20 Å². The summed E-state index contributed by atoms with van der Waals surface area (Å²) in [5.41, 5.74) is 0. The Bertz CT molecular complexity index is 768. The molecular formula is C20H25N3OS. The lowest BCUT2D eigenvalue weighted by Gasteiger charge is -2.34. The molecule has 2 atom stereocenters. The molecule has 5 rings (SSSR count). The molecule has 2 aliphatic heterocycles. The van der Waals surface area contributed by atoms with Gasteiger partial charge in [-0.15, -0.1) is 11.3 Å². The predicted octanol–water partition coefficient (Wildman–Crippen LogP) is 3.77. The van der Waals surface area contributed by atoms with E-state index < -0.39 is 0 Å². The summed E-state index contributed by atoms with van der Waals surface area (Å²) in [5.74, 6) is 3.33. The Morgan fingerprint density at radius 1 is 1.08 bits per heavy atom. The van der Waals surface area contributed by atoms with E-state index in [1.165, 1.54) is 29.3 Å². The molecule has 3 aliphatic rings. The number of amides is 1. The minimum Gasteiger partial charge on any atom is -0.356 e. The largest absolute Gasteiger partial charge is 0.356 e. The Hall–Kier alpha value is -1.62. The van der Waals surface area contributed by atoms with Crippen molar-refractivity contribution in [3.8, 4) is 0 Å². The smallest absolute Gasteiger partial charge is 0.225 e. The molecular weight excluding hydrogens is 330 g/mol. The van der Waals surface area contributed by atoms with Gasteiger partial charge in [-0.25, -0.2) is 4.98 Å². The molecule has 0 N–H and O–H groups in total. The number of piperidine rings is 1. The first-order chi connectivity index (χ1) is 12.3. The molecule has 1 aliphatic carbocycles. The maximum absolute atomic E-state index is 12.9. The van der Waals surface area contributed by atoms with Crippen molar-refractivity contribution in [2.45, 2.75) is 32.1 Å². The molecule has 5 heteroatoms. The van der Waals surface area contributed by atoms with Gasteiger partial charge in [0.05, 0.1) is 0 Å². The van der Waals surface area contributed by atoms with Gasteiger partial charge in [0.1, 0.15) is 5.82 Å². The van der Waals surface area contributed by atoms with Crippen molar-refractivity contribution in [1.82, 2.24) is 9.88 Å². The quantitative estimate of drug-likeness (QED) is 0.823. The molecule has 4 heterocycles. The number of rotatable bonds is 2. The van der Waals surface area contributed by atoms with Crippen LogP contribution in [-0.2, 0) is 4.79 Å². The van der Waals surface area contributed by atoms with Gasteiger partial charge in [0.25, 0.3) is 0 Å². The number of likely N-dealkylation sites (tertiary alicyclic amines) is 1. The van der Waals surface area contributed by atoms with Crippen LogP contribution in [0.25, 0.3) is 10.1 Å². The molecule has 0 aromatic carbocycles. The summed E-state index contributed by atoms with van der Waals surface area (Å²) in [6.07, 6.45) is 7.89. The zero-order chi connectivity index (χ0) is 16.8. The van der Waals surface area contributed by atoms with Crippen LogP contribution in [0.2, 0.25) is 0 Å². The summed E-state index contributed by atoms with van der Waals surface area (Å²) in [6.45, 7) is 3.94. The second kappa shape index (κ2) is 6.27. The van der Waals surface area contributed by atoms with Crippen LogP contribution in [0.3, 0.4) is 0 Å². The molecule has 2 unspecified atom stereocenters. The summed E-state index contributed by atoms with van der Waals surface area (Å²) >= 11 is 1.77. The van der Waals surface area contributed by atoms with E-state index in [-0.39, 0.29) is 5.92 Å². The Morgan fingerprint density at radius 2 is 1.84 bits per heavy atom. The average molecular weight is 356 g/mol. The number of carbonyl (C=O) groups is 1. The van der Waals surface area contributed by atoms with Crippen molar-refractivity contribution in [3.63, 3.8) is 0 Å². The van der Waals surface area contributed by atoms with Crippen LogP contribution in [0.15, 0.2) is 23.7 Å². The van der Waals surface area contributed by atoms with E-state index in [2.05, 4.69) is 32.3 Å². The van der Waals surface area contributed by atoms with Crippen LogP contribution in [0.1, 0.15) is 32.1 Å². The van der Waals surface area contributed by atoms with Gasteiger partial charge >= 0.3 is 0 Å². The van der Waals surface area contributed by atoms with Crippen LogP contribution >= 0.6 is 11.3 Å². The van der Waals surface area contributed by atoms with Gasteiger partial charge < -0.3 is 9.80 Å². The second-order valence-electron chi connectivity index (χ2n) is 7.92. The highest BCUT2D eigenvalue weighted by Gasteiger charge is 2.40. The first-order valence-electron chi connectivity index (χ1n) is 9.65. The highest BCUT2D eigenvalue weighted by atomic mass is 32.1. The Labute approximate surface area is 152 Å². The summed E-state index contributed by atoms with van der Waals surface area (Å²) in [7, 11) is 0. The lowest BCUT2D eigenvalue weighted by Crippen LogP contribution is -2.42. The van der Waals surface area contributed by atoms with Gasteiger partial charge in [-0.3, -0.25) is 4.79 Å². The number of carbonyl (C=O) groups excluding carboxylic acids is 1. The minimum absolute atomic E-state index is 0.219. The molecule has 1 saturated carbocycles. The average Bonchev–Trinajstić information content (AvgIpc) is 3.36. The third kappa shape index (κ3) is 2.73. The van der Waals surface area contributed by atoms with Crippen molar-refractivity contribution < 1.29 is 4.79 Å². The van der Waals surface area contributed by atoms with E-state index >= 15 is 0 Å². The van der Waals surface area contributed by atoms with Crippen molar-refractivity contribution in [2.75, 3.05) is 31.1 Å². The van der Waals surface area contributed by atoms with Crippen molar-refractivity contribution in [2.24, 2.45) is 17.8 Å². The highest BCUT2D eigenvalue weighted by Crippen LogP contribution is 2.39. The fourth-order valence-electron chi connectivity index (χ4n) is 5.14. The molecule has 0 radical (unpaired) electrons. The highest BCUT2D eigenvalue weighted by molar-refractivity contribution is 7.17. The third-order valence-electron chi connectivity index (χ3n) is 6.54. The Kier molecular flexibility index (Phi) is 3.92. The monoisotopic (exact) mass is 355 g/mol. The topological polar surface area (TPSA) is 36.4 Å². The third-order valence-corrected chi connectivity index (χ3v) is 7.42. The van der Waals surface area contributed by atoms with Gasteiger partial charge in [-0.1, -0.05) is 6.42 Å². The number of pyridine rings is 1. The van der Waals surface area contributed by atoms with E-state index in [1.54, 1.807) is 11.3 Å². The zero-order valence-corrected chi connectivity index (χ0v) is 15.4. The van der Waals surface area contributed by atoms with E-state index in [9.17, 15) is 4.79 Å². The van der Waals surface area contributed by atoms with E-state index in [4.69, 9.17) is 0 Å². The van der Waals surface area contributed by atoms with Gasteiger partial charge in [0.15, 0.2) is 0 Å². The van der Waals surface area contributed by atoms with Crippen molar-refractivity contribution >= 4 is 33.1 Å².